The molecule has 0 fully saturated rings. The molecule has 1 unspecified atom stereocenters. The molecule has 0 saturated carbocycles. The number of rotatable bonds is 6. The lowest BCUT2D eigenvalue weighted by molar-refractivity contribution is 0.553. The van der Waals surface area contributed by atoms with Gasteiger partial charge in [-0.05, 0) is 12.5 Å². The van der Waals surface area contributed by atoms with Gasteiger partial charge in [0.1, 0.15) is 6.33 Å². The van der Waals surface area contributed by atoms with Crippen molar-refractivity contribution in [3.05, 3.63) is 6.33 Å². The van der Waals surface area contributed by atoms with Crippen LogP contribution in [-0.4, -0.2) is 33.1 Å². The second-order valence-corrected chi connectivity index (χ2v) is 5.55. The Balaban J connectivity index is 2.24. The van der Waals surface area contributed by atoms with Gasteiger partial charge in [0, 0.05) is 18.8 Å². The second kappa shape index (κ2) is 6.12. The molecule has 0 bridgehead atoms. The van der Waals surface area contributed by atoms with E-state index in [1.807, 2.05) is 11.7 Å². The number of aryl methyl sites for hydroxylation is 1. The number of nitrogens with one attached hydrogen (secondary N) is 1. The summed E-state index contributed by atoms with van der Waals surface area (Å²) in [5.41, 5.74) is 0. The van der Waals surface area contributed by atoms with Crippen molar-refractivity contribution in [2.45, 2.75) is 31.2 Å². The zero-order chi connectivity index (χ0) is 11.3. The maximum atomic E-state index is 4.19. The summed E-state index contributed by atoms with van der Waals surface area (Å²) in [6.07, 6.45) is 1.59. The molecule has 0 amide bonds. The SMILES string of the molecule is CC(C)CNCC(C)Sc1ncnn1C. The zero-order valence-corrected chi connectivity index (χ0v) is 10.7. The van der Waals surface area contributed by atoms with E-state index in [4.69, 9.17) is 0 Å². The van der Waals surface area contributed by atoms with E-state index in [0.717, 1.165) is 18.2 Å². The highest BCUT2D eigenvalue weighted by atomic mass is 32.2. The zero-order valence-electron chi connectivity index (χ0n) is 9.90. The summed E-state index contributed by atoms with van der Waals surface area (Å²) in [5.74, 6) is 0.706. The number of aromatic nitrogens is 3. The van der Waals surface area contributed by atoms with Crippen LogP contribution in [0.4, 0.5) is 0 Å². The van der Waals surface area contributed by atoms with E-state index in [-0.39, 0.29) is 0 Å². The first kappa shape index (κ1) is 12.5. The third kappa shape index (κ3) is 4.66. The summed E-state index contributed by atoms with van der Waals surface area (Å²) in [7, 11) is 1.92. The van der Waals surface area contributed by atoms with Gasteiger partial charge in [-0.25, -0.2) is 9.67 Å². The minimum Gasteiger partial charge on any atom is -0.315 e. The van der Waals surface area contributed by atoms with E-state index >= 15 is 0 Å². The fourth-order valence-corrected chi connectivity index (χ4v) is 2.06. The Kier molecular flexibility index (Phi) is 5.11. The molecule has 0 spiro atoms. The molecule has 5 heteroatoms. The lowest BCUT2D eigenvalue weighted by Crippen LogP contribution is -2.26. The maximum absolute atomic E-state index is 4.19. The van der Waals surface area contributed by atoms with Gasteiger partial charge in [-0.3, -0.25) is 0 Å². The van der Waals surface area contributed by atoms with Gasteiger partial charge < -0.3 is 5.32 Å². The lowest BCUT2D eigenvalue weighted by Gasteiger charge is -2.12. The van der Waals surface area contributed by atoms with Crippen molar-refractivity contribution in [3.63, 3.8) is 0 Å². The predicted molar refractivity (Wildman–Crippen MR) is 64.0 cm³/mol. The summed E-state index contributed by atoms with van der Waals surface area (Å²) in [6.45, 7) is 8.72. The van der Waals surface area contributed by atoms with Crippen molar-refractivity contribution in [2.75, 3.05) is 13.1 Å². The topological polar surface area (TPSA) is 42.7 Å². The van der Waals surface area contributed by atoms with Gasteiger partial charge in [0.05, 0.1) is 0 Å². The van der Waals surface area contributed by atoms with E-state index in [9.17, 15) is 0 Å². The largest absolute Gasteiger partial charge is 0.315 e. The van der Waals surface area contributed by atoms with Crippen molar-refractivity contribution < 1.29 is 0 Å². The second-order valence-electron chi connectivity index (χ2n) is 4.15. The Labute approximate surface area is 95.9 Å². The van der Waals surface area contributed by atoms with E-state index in [0.29, 0.717) is 11.2 Å². The van der Waals surface area contributed by atoms with E-state index in [2.05, 4.69) is 36.2 Å². The molecule has 15 heavy (non-hydrogen) atoms. The molecule has 0 aromatic carbocycles. The van der Waals surface area contributed by atoms with Crippen LogP contribution in [0.1, 0.15) is 20.8 Å². The normalized spacial score (nSPS) is 13.4. The van der Waals surface area contributed by atoms with Gasteiger partial charge in [0.2, 0.25) is 0 Å². The van der Waals surface area contributed by atoms with Gasteiger partial charge >= 0.3 is 0 Å². The third-order valence-corrected chi connectivity index (χ3v) is 3.11. The van der Waals surface area contributed by atoms with Gasteiger partial charge in [0.15, 0.2) is 5.16 Å². The Morgan fingerprint density at radius 2 is 2.13 bits per heavy atom. The standard InChI is InChI=1S/C10H20N4S/c1-8(2)5-11-6-9(3)15-10-12-7-13-14(10)4/h7-9,11H,5-6H2,1-4H3. The van der Waals surface area contributed by atoms with Crippen molar-refractivity contribution in [1.82, 2.24) is 20.1 Å². The van der Waals surface area contributed by atoms with E-state index in [1.165, 1.54) is 0 Å². The molecule has 4 nitrogen and oxygen atoms in total. The highest BCUT2D eigenvalue weighted by Gasteiger charge is 2.08. The molecule has 0 aliphatic carbocycles. The van der Waals surface area contributed by atoms with Crippen LogP contribution in [0, 0.1) is 5.92 Å². The monoisotopic (exact) mass is 228 g/mol. The van der Waals surface area contributed by atoms with E-state index in [1.54, 1.807) is 18.1 Å². The summed E-state index contributed by atoms with van der Waals surface area (Å²) in [6, 6.07) is 0. The van der Waals surface area contributed by atoms with Crippen LogP contribution < -0.4 is 5.32 Å². The summed E-state index contributed by atoms with van der Waals surface area (Å²) in [4.78, 5) is 4.19. The minimum atomic E-state index is 0.520. The Hall–Kier alpha value is -0.550. The summed E-state index contributed by atoms with van der Waals surface area (Å²) >= 11 is 1.76. The summed E-state index contributed by atoms with van der Waals surface area (Å²) < 4.78 is 1.81. The Bertz CT molecular complexity index is 285. The number of thioether (sulfide) groups is 1. The minimum absolute atomic E-state index is 0.520. The van der Waals surface area contributed by atoms with Crippen LogP contribution in [0.2, 0.25) is 0 Å². The first-order valence-corrected chi connectivity index (χ1v) is 6.19. The van der Waals surface area contributed by atoms with Gasteiger partial charge in [0.25, 0.3) is 0 Å². The Morgan fingerprint density at radius 3 is 2.67 bits per heavy atom. The molecule has 0 aliphatic rings. The van der Waals surface area contributed by atoms with Crippen LogP contribution in [-0.2, 0) is 7.05 Å². The van der Waals surface area contributed by atoms with Crippen molar-refractivity contribution in [1.29, 1.82) is 0 Å². The highest BCUT2D eigenvalue weighted by molar-refractivity contribution is 7.99. The molecule has 0 saturated heterocycles. The molecular formula is C10H20N4S. The smallest absolute Gasteiger partial charge is 0.186 e. The lowest BCUT2D eigenvalue weighted by atomic mass is 10.2. The molecule has 0 radical (unpaired) electrons. The van der Waals surface area contributed by atoms with Gasteiger partial charge in [-0.1, -0.05) is 32.5 Å². The van der Waals surface area contributed by atoms with Gasteiger partial charge in [-0.15, -0.1) is 0 Å². The summed E-state index contributed by atoms with van der Waals surface area (Å²) in [5, 5.41) is 8.98. The molecule has 1 heterocycles. The molecule has 1 aromatic rings. The molecule has 1 atom stereocenters. The van der Waals surface area contributed by atoms with Crippen LogP contribution >= 0.6 is 11.8 Å². The fourth-order valence-electron chi connectivity index (χ4n) is 1.19. The maximum Gasteiger partial charge on any atom is 0.186 e. The molecule has 1 aromatic heterocycles. The number of hydrogen-bond acceptors (Lipinski definition) is 4. The van der Waals surface area contributed by atoms with E-state index < -0.39 is 0 Å². The average Bonchev–Trinajstić information content (AvgIpc) is 2.51. The van der Waals surface area contributed by atoms with Crippen molar-refractivity contribution >= 4 is 11.8 Å². The van der Waals surface area contributed by atoms with Crippen LogP contribution in [0.15, 0.2) is 11.5 Å². The predicted octanol–water partition coefficient (Wildman–Crippen LogP) is 1.54. The first-order valence-electron chi connectivity index (χ1n) is 5.31. The van der Waals surface area contributed by atoms with Gasteiger partial charge in [-0.2, -0.15) is 5.10 Å². The molecule has 1 rings (SSSR count). The fraction of sp³-hybridized carbons (Fsp3) is 0.800. The molecule has 0 aliphatic heterocycles. The molecule has 1 N–H and O–H groups in total. The van der Waals surface area contributed by atoms with Crippen molar-refractivity contribution in [2.24, 2.45) is 13.0 Å². The first-order chi connectivity index (χ1) is 7.09. The third-order valence-electron chi connectivity index (χ3n) is 1.96. The Morgan fingerprint density at radius 1 is 1.40 bits per heavy atom. The molecule has 86 valence electrons. The molecular weight excluding hydrogens is 208 g/mol. The van der Waals surface area contributed by atoms with Crippen LogP contribution in [0.25, 0.3) is 0 Å². The number of hydrogen-bond donors (Lipinski definition) is 1. The highest BCUT2D eigenvalue weighted by Crippen LogP contribution is 2.18. The quantitative estimate of drug-likeness (QED) is 0.750. The van der Waals surface area contributed by atoms with Crippen LogP contribution in [0.5, 0.6) is 0 Å². The van der Waals surface area contributed by atoms with Crippen LogP contribution in [0.3, 0.4) is 0 Å². The number of nitrogens with zero attached hydrogens (tertiary/aromatic N) is 3. The average molecular weight is 228 g/mol. The van der Waals surface area contributed by atoms with Crippen molar-refractivity contribution in [3.8, 4) is 0 Å².